The van der Waals surface area contributed by atoms with Crippen molar-refractivity contribution in [2.45, 2.75) is 6.54 Å². The number of benzene rings is 2. The highest BCUT2D eigenvalue weighted by Crippen LogP contribution is 2.30. The van der Waals surface area contributed by atoms with Gasteiger partial charge < -0.3 is 9.84 Å². The fourth-order valence-electron chi connectivity index (χ4n) is 3.43. The van der Waals surface area contributed by atoms with Gasteiger partial charge in [-0.15, -0.1) is 0 Å². The molecule has 5 rings (SSSR count). The fourth-order valence-corrected chi connectivity index (χ4v) is 3.43. The van der Waals surface area contributed by atoms with Crippen LogP contribution < -0.4 is 5.32 Å². The predicted octanol–water partition coefficient (Wildman–Crippen LogP) is 5.34. The Morgan fingerprint density at radius 1 is 0.903 bits per heavy atom. The van der Waals surface area contributed by atoms with Crippen LogP contribution in [0.2, 0.25) is 0 Å². The first-order chi connectivity index (χ1) is 15.3. The van der Waals surface area contributed by atoms with E-state index in [-0.39, 0.29) is 5.82 Å². The summed E-state index contributed by atoms with van der Waals surface area (Å²) in [5.74, 6) is 0.280. The molecule has 6 nitrogen and oxygen atoms in total. The zero-order valence-electron chi connectivity index (χ0n) is 16.4. The van der Waals surface area contributed by atoms with Crippen molar-refractivity contribution < 1.29 is 8.91 Å². The van der Waals surface area contributed by atoms with Crippen LogP contribution in [0.15, 0.2) is 96.0 Å². The van der Waals surface area contributed by atoms with E-state index in [9.17, 15) is 4.39 Å². The first kappa shape index (κ1) is 18.7. The second-order valence-corrected chi connectivity index (χ2v) is 6.92. The number of nitrogens with one attached hydrogen (secondary N) is 1. The van der Waals surface area contributed by atoms with E-state index in [0.29, 0.717) is 23.6 Å². The first-order valence-electron chi connectivity index (χ1n) is 9.77. The topological polar surface area (TPSA) is 68.8 Å². The zero-order chi connectivity index (χ0) is 21.0. The third-order valence-corrected chi connectivity index (χ3v) is 4.93. The molecule has 0 saturated heterocycles. The fraction of sp³-hybridized carbons (Fsp3) is 0.0417. The third-order valence-electron chi connectivity index (χ3n) is 4.93. The zero-order valence-corrected chi connectivity index (χ0v) is 16.4. The second kappa shape index (κ2) is 8.23. The van der Waals surface area contributed by atoms with E-state index in [1.807, 2.05) is 42.5 Å². The largest absolute Gasteiger partial charge is 0.363 e. The SMILES string of the molecule is Fc1ccccc1-c1c(CNc2ccon2)cnn1-c1ccc(-c2ccccc2)nc1. The molecule has 0 aliphatic rings. The highest BCUT2D eigenvalue weighted by molar-refractivity contribution is 5.67. The summed E-state index contributed by atoms with van der Waals surface area (Å²) in [5.41, 5.74) is 4.57. The summed E-state index contributed by atoms with van der Waals surface area (Å²) in [6, 6.07) is 22.2. The summed E-state index contributed by atoms with van der Waals surface area (Å²) in [5, 5.41) is 11.6. The van der Waals surface area contributed by atoms with Crippen molar-refractivity contribution in [1.82, 2.24) is 19.9 Å². The number of hydrogen-bond acceptors (Lipinski definition) is 5. The molecule has 0 aliphatic carbocycles. The number of anilines is 1. The molecule has 0 aliphatic heterocycles. The second-order valence-electron chi connectivity index (χ2n) is 6.92. The van der Waals surface area contributed by atoms with Gasteiger partial charge in [-0.3, -0.25) is 4.98 Å². The molecule has 5 aromatic rings. The molecule has 1 N–H and O–H groups in total. The molecule has 0 saturated carbocycles. The number of halogens is 1. The summed E-state index contributed by atoms with van der Waals surface area (Å²) >= 11 is 0. The van der Waals surface area contributed by atoms with Crippen molar-refractivity contribution in [3.8, 4) is 28.2 Å². The monoisotopic (exact) mass is 411 g/mol. The molecule has 0 fully saturated rings. The van der Waals surface area contributed by atoms with E-state index in [4.69, 9.17) is 4.52 Å². The lowest BCUT2D eigenvalue weighted by atomic mass is 10.1. The van der Waals surface area contributed by atoms with Gasteiger partial charge in [-0.2, -0.15) is 5.10 Å². The number of rotatable bonds is 6. The molecular formula is C24H18FN5O. The molecule has 2 aromatic carbocycles. The van der Waals surface area contributed by atoms with Crippen LogP contribution in [0.1, 0.15) is 5.56 Å². The Morgan fingerprint density at radius 3 is 2.48 bits per heavy atom. The maximum Gasteiger partial charge on any atom is 0.169 e. The molecule has 0 unspecified atom stereocenters. The normalized spacial score (nSPS) is 10.9. The highest BCUT2D eigenvalue weighted by Gasteiger charge is 2.18. The van der Waals surface area contributed by atoms with Crippen LogP contribution >= 0.6 is 0 Å². The van der Waals surface area contributed by atoms with Crippen LogP contribution in [0.3, 0.4) is 0 Å². The molecule has 0 amide bonds. The smallest absolute Gasteiger partial charge is 0.169 e. The Bertz CT molecular complexity index is 1280. The third kappa shape index (κ3) is 3.81. The standard InChI is InChI=1S/C24H18FN5O/c25-21-9-5-4-8-20(21)24-18(14-27-23-12-13-31-29-23)15-28-30(24)19-10-11-22(26-16-19)17-6-2-1-3-7-17/h1-13,15-16H,14H2,(H,27,29). The molecule has 0 radical (unpaired) electrons. The molecule has 0 bridgehead atoms. The predicted molar refractivity (Wildman–Crippen MR) is 116 cm³/mol. The van der Waals surface area contributed by atoms with Gasteiger partial charge in [-0.05, 0) is 24.3 Å². The van der Waals surface area contributed by atoms with Crippen molar-refractivity contribution in [2.75, 3.05) is 5.32 Å². The molecule has 0 atom stereocenters. The van der Waals surface area contributed by atoms with E-state index in [1.165, 1.54) is 12.3 Å². The number of hydrogen-bond donors (Lipinski definition) is 1. The van der Waals surface area contributed by atoms with Gasteiger partial charge in [0.1, 0.15) is 12.1 Å². The van der Waals surface area contributed by atoms with Gasteiger partial charge in [0.05, 0.1) is 29.5 Å². The highest BCUT2D eigenvalue weighted by atomic mass is 19.1. The van der Waals surface area contributed by atoms with Gasteiger partial charge in [0, 0.05) is 29.3 Å². The summed E-state index contributed by atoms with van der Waals surface area (Å²) in [6.45, 7) is 0.408. The molecular weight excluding hydrogens is 393 g/mol. The number of pyridine rings is 1. The summed E-state index contributed by atoms with van der Waals surface area (Å²) in [7, 11) is 0. The van der Waals surface area contributed by atoms with Crippen LogP contribution in [-0.4, -0.2) is 19.9 Å². The van der Waals surface area contributed by atoms with E-state index in [2.05, 4.69) is 20.6 Å². The molecule has 152 valence electrons. The lowest BCUT2D eigenvalue weighted by Gasteiger charge is -2.12. The first-order valence-corrected chi connectivity index (χ1v) is 9.77. The lowest BCUT2D eigenvalue weighted by molar-refractivity contribution is 0.422. The van der Waals surface area contributed by atoms with Crippen LogP contribution in [0.5, 0.6) is 0 Å². The van der Waals surface area contributed by atoms with Gasteiger partial charge >= 0.3 is 0 Å². The van der Waals surface area contributed by atoms with Crippen LogP contribution in [0, 0.1) is 5.82 Å². The van der Waals surface area contributed by atoms with Crippen LogP contribution in [0.4, 0.5) is 10.2 Å². The van der Waals surface area contributed by atoms with Crippen molar-refractivity contribution in [3.63, 3.8) is 0 Å². The molecule has 7 heteroatoms. The summed E-state index contributed by atoms with van der Waals surface area (Å²) in [4.78, 5) is 4.59. The molecule has 3 heterocycles. The van der Waals surface area contributed by atoms with Crippen molar-refractivity contribution >= 4 is 5.82 Å². The number of nitrogens with zero attached hydrogens (tertiary/aromatic N) is 4. The van der Waals surface area contributed by atoms with Crippen molar-refractivity contribution in [2.24, 2.45) is 0 Å². The van der Waals surface area contributed by atoms with Gasteiger partial charge in [0.15, 0.2) is 5.82 Å². The average molecular weight is 411 g/mol. The Kier molecular flexibility index (Phi) is 4.98. The number of aromatic nitrogens is 4. The minimum absolute atomic E-state index is 0.319. The Labute approximate surface area is 178 Å². The minimum Gasteiger partial charge on any atom is -0.363 e. The molecule has 31 heavy (non-hydrogen) atoms. The van der Waals surface area contributed by atoms with Gasteiger partial charge in [0.25, 0.3) is 0 Å². The van der Waals surface area contributed by atoms with Crippen LogP contribution in [-0.2, 0) is 6.54 Å². The van der Waals surface area contributed by atoms with Crippen molar-refractivity contribution in [3.05, 3.63) is 103 Å². The minimum atomic E-state index is -0.319. The average Bonchev–Trinajstić information content (AvgIpc) is 3.49. The van der Waals surface area contributed by atoms with E-state index in [1.54, 1.807) is 41.3 Å². The Hall–Kier alpha value is -4.26. The Balaban J connectivity index is 1.54. The Morgan fingerprint density at radius 2 is 1.74 bits per heavy atom. The summed E-state index contributed by atoms with van der Waals surface area (Å²) < 4.78 is 21.3. The molecule has 0 spiro atoms. The molecule has 3 aromatic heterocycles. The summed E-state index contributed by atoms with van der Waals surface area (Å²) in [6.07, 6.45) is 4.96. The lowest BCUT2D eigenvalue weighted by Crippen LogP contribution is -2.05. The van der Waals surface area contributed by atoms with Crippen LogP contribution in [0.25, 0.3) is 28.2 Å². The van der Waals surface area contributed by atoms with Crippen molar-refractivity contribution in [1.29, 1.82) is 0 Å². The quantitative estimate of drug-likeness (QED) is 0.408. The van der Waals surface area contributed by atoms with E-state index >= 15 is 0 Å². The van der Waals surface area contributed by atoms with E-state index in [0.717, 1.165) is 22.5 Å². The maximum absolute atomic E-state index is 14.7. The van der Waals surface area contributed by atoms with Gasteiger partial charge in [0.2, 0.25) is 0 Å². The maximum atomic E-state index is 14.7. The van der Waals surface area contributed by atoms with Gasteiger partial charge in [-0.25, -0.2) is 9.07 Å². The van der Waals surface area contributed by atoms with Gasteiger partial charge in [-0.1, -0.05) is 47.6 Å². The van der Waals surface area contributed by atoms with E-state index < -0.39 is 0 Å².